The highest BCUT2D eigenvalue weighted by Crippen LogP contribution is 2.48. The first-order valence-electron chi connectivity index (χ1n) is 7.28. The van der Waals surface area contributed by atoms with E-state index in [4.69, 9.17) is 10.5 Å². The van der Waals surface area contributed by atoms with Crippen molar-refractivity contribution in [3.8, 4) is 5.75 Å². The summed E-state index contributed by atoms with van der Waals surface area (Å²) in [5.41, 5.74) is 6.06. The van der Waals surface area contributed by atoms with Gasteiger partial charge >= 0.3 is 0 Å². The zero-order valence-corrected chi connectivity index (χ0v) is 12.0. The minimum Gasteiger partial charge on any atom is -0.493 e. The molecule has 1 heterocycles. The zero-order chi connectivity index (χ0) is 13.9. The van der Waals surface area contributed by atoms with Crippen molar-refractivity contribution in [3.05, 3.63) is 29.8 Å². The fraction of sp³-hybridized carbons (Fsp3) is 0.625. The zero-order valence-electron chi connectivity index (χ0n) is 12.0. The van der Waals surface area contributed by atoms with Crippen LogP contribution in [0.1, 0.15) is 45.1 Å². The molecule has 0 saturated heterocycles. The van der Waals surface area contributed by atoms with Crippen molar-refractivity contribution in [2.75, 3.05) is 13.2 Å². The van der Waals surface area contributed by atoms with Crippen LogP contribution in [0.25, 0.3) is 0 Å². The number of para-hydroxylation sites is 1. The minimum absolute atomic E-state index is 0.382. The molecule has 19 heavy (non-hydrogen) atoms. The van der Waals surface area contributed by atoms with E-state index in [0.717, 1.165) is 30.6 Å². The quantitative estimate of drug-likeness (QED) is 0.858. The highest BCUT2D eigenvalue weighted by Gasteiger charge is 2.51. The largest absolute Gasteiger partial charge is 0.493 e. The lowest BCUT2D eigenvalue weighted by Crippen LogP contribution is -2.57. The molecule has 1 aliphatic heterocycles. The molecule has 0 amide bonds. The Morgan fingerprint density at radius 2 is 2.11 bits per heavy atom. The van der Waals surface area contributed by atoms with Crippen LogP contribution in [0, 0.1) is 0 Å². The Morgan fingerprint density at radius 1 is 1.37 bits per heavy atom. The second-order valence-electron chi connectivity index (χ2n) is 5.52. The summed E-state index contributed by atoms with van der Waals surface area (Å²) in [6, 6.07) is 7.99. The molecule has 0 aliphatic carbocycles. The van der Waals surface area contributed by atoms with Crippen molar-refractivity contribution in [1.82, 2.24) is 0 Å². The predicted molar refractivity (Wildman–Crippen MR) is 77.4 cm³/mol. The Labute approximate surface area is 115 Å². The van der Waals surface area contributed by atoms with Gasteiger partial charge in [-0.05, 0) is 25.3 Å². The van der Waals surface area contributed by atoms with Gasteiger partial charge in [0.1, 0.15) is 5.75 Å². The van der Waals surface area contributed by atoms with E-state index in [1.54, 1.807) is 0 Å². The fourth-order valence-corrected chi connectivity index (χ4v) is 3.51. The van der Waals surface area contributed by atoms with Crippen LogP contribution in [0.5, 0.6) is 5.75 Å². The lowest BCUT2D eigenvalue weighted by Gasteiger charge is -2.49. The van der Waals surface area contributed by atoms with Gasteiger partial charge in [-0.1, -0.05) is 38.5 Å². The van der Waals surface area contributed by atoms with Crippen LogP contribution in [0.15, 0.2) is 24.3 Å². The molecule has 2 rings (SSSR count). The Hall–Kier alpha value is -1.06. The molecule has 3 heteroatoms. The average molecular weight is 263 g/mol. The van der Waals surface area contributed by atoms with Crippen LogP contribution in [0.3, 0.4) is 0 Å². The van der Waals surface area contributed by atoms with Crippen LogP contribution in [0.2, 0.25) is 0 Å². The summed E-state index contributed by atoms with van der Waals surface area (Å²) in [5.74, 6) is 0.877. The summed E-state index contributed by atoms with van der Waals surface area (Å²) in [6.45, 7) is 5.24. The average Bonchev–Trinajstić information content (AvgIpc) is 2.46. The van der Waals surface area contributed by atoms with E-state index >= 15 is 0 Å². The van der Waals surface area contributed by atoms with Gasteiger partial charge in [0.2, 0.25) is 0 Å². The molecule has 3 nitrogen and oxygen atoms in total. The van der Waals surface area contributed by atoms with Crippen molar-refractivity contribution in [1.29, 1.82) is 0 Å². The molecule has 1 aromatic rings. The van der Waals surface area contributed by atoms with Crippen molar-refractivity contribution in [3.63, 3.8) is 0 Å². The molecule has 0 saturated carbocycles. The summed E-state index contributed by atoms with van der Waals surface area (Å²) in [7, 11) is 0. The maximum Gasteiger partial charge on any atom is 0.123 e. The lowest BCUT2D eigenvalue weighted by atomic mass is 9.61. The highest BCUT2D eigenvalue weighted by atomic mass is 16.5. The van der Waals surface area contributed by atoms with E-state index in [9.17, 15) is 5.11 Å². The monoisotopic (exact) mass is 263 g/mol. The van der Waals surface area contributed by atoms with Crippen LogP contribution < -0.4 is 10.5 Å². The van der Waals surface area contributed by atoms with Crippen LogP contribution in [-0.4, -0.2) is 23.9 Å². The molecule has 2 atom stereocenters. The van der Waals surface area contributed by atoms with Gasteiger partial charge in [-0.2, -0.15) is 0 Å². The van der Waals surface area contributed by atoms with Gasteiger partial charge in [0.05, 0.1) is 12.2 Å². The van der Waals surface area contributed by atoms with Crippen molar-refractivity contribution >= 4 is 0 Å². The normalized spacial score (nSPS) is 25.3. The number of benzene rings is 1. The van der Waals surface area contributed by atoms with Gasteiger partial charge in [-0.25, -0.2) is 0 Å². The molecule has 106 valence electrons. The van der Waals surface area contributed by atoms with E-state index in [0.29, 0.717) is 19.6 Å². The fourth-order valence-electron chi connectivity index (χ4n) is 3.51. The molecule has 0 fully saturated rings. The molecule has 2 unspecified atom stereocenters. The van der Waals surface area contributed by atoms with Crippen molar-refractivity contribution in [2.45, 2.75) is 50.5 Å². The maximum atomic E-state index is 11.2. The van der Waals surface area contributed by atoms with E-state index in [1.807, 2.05) is 25.1 Å². The van der Waals surface area contributed by atoms with Crippen LogP contribution in [0.4, 0.5) is 0 Å². The Bertz CT molecular complexity index is 435. The van der Waals surface area contributed by atoms with Gasteiger partial charge in [-0.3, -0.25) is 0 Å². The Kier molecular flexibility index (Phi) is 4.16. The highest BCUT2D eigenvalue weighted by molar-refractivity contribution is 5.44. The number of nitrogens with two attached hydrogens (primary N) is 1. The van der Waals surface area contributed by atoms with Crippen molar-refractivity contribution < 1.29 is 9.84 Å². The molecule has 0 bridgehead atoms. The van der Waals surface area contributed by atoms with Gasteiger partial charge in [0, 0.05) is 17.5 Å². The molecule has 0 radical (unpaired) electrons. The Morgan fingerprint density at radius 3 is 2.74 bits per heavy atom. The molecular weight excluding hydrogens is 238 g/mol. The number of rotatable bonds is 5. The summed E-state index contributed by atoms with van der Waals surface area (Å²) in [4.78, 5) is 0. The summed E-state index contributed by atoms with van der Waals surface area (Å²) in [6.07, 6.45) is 3.22. The van der Waals surface area contributed by atoms with Gasteiger partial charge in [0.25, 0.3) is 0 Å². The second-order valence-corrected chi connectivity index (χ2v) is 5.52. The molecule has 3 N–H and O–H groups in total. The second kappa shape index (κ2) is 5.51. The Balaban J connectivity index is 2.55. The summed E-state index contributed by atoms with van der Waals surface area (Å²) < 4.78 is 5.73. The van der Waals surface area contributed by atoms with Crippen LogP contribution >= 0.6 is 0 Å². The van der Waals surface area contributed by atoms with Crippen LogP contribution in [-0.2, 0) is 5.41 Å². The number of aliphatic hydroxyl groups is 1. The number of fused-ring (bicyclic) bond motifs is 1. The van der Waals surface area contributed by atoms with E-state index in [2.05, 4.69) is 13.0 Å². The molecular formula is C16H25NO2. The molecule has 1 aromatic carbocycles. The standard InChI is InChI=1S/C16H25NO2/c1-3-9-16(18,4-2)15(12-17)10-11-19-14-8-6-5-7-13(14)15/h5-8,18H,3-4,9-12,17H2,1-2H3. The summed E-state index contributed by atoms with van der Waals surface area (Å²) >= 11 is 0. The topological polar surface area (TPSA) is 55.5 Å². The molecule has 0 spiro atoms. The van der Waals surface area contributed by atoms with Gasteiger partial charge in [0.15, 0.2) is 0 Å². The SMILES string of the molecule is CCCC(O)(CC)C1(CN)CCOc2ccccc21. The van der Waals surface area contributed by atoms with Gasteiger partial charge < -0.3 is 15.6 Å². The van der Waals surface area contributed by atoms with E-state index in [-0.39, 0.29) is 5.41 Å². The molecule has 1 aliphatic rings. The third-order valence-corrected chi connectivity index (χ3v) is 4.68. The maximum absolute atomic E-state index is 11.2. The smallest absolute Gasteiger partial charge is 0.123 e. The molecule has 0 aromatic heterocycles. The lowest BCUT2D eigenvalue weighted by molar-refractivity contribution is -0.0630. The van der Waals surface area contributed by atoms with E-state index < -0.39 is 5.60 Å². The predicted octanol–water partition coefficient (Wildman–Crippen LogP) is 2.61. The third kappa shape index (κ3) is 2.15. The minimum atomic E-state index is -0.754. The first-order chi connectivity index (χ1) is 9.13. The third-order valence-electron chi connectivity index (χ3n) is 4.68. The number of ether oxygens (including phenoxy) is 1. The van der Waals surface area contributed by atoms with Gasteiger partial charge in [-0.15, -0.1) is 0 Å². The first kappa shape index (κ1) is 14.4. The number of hydrogen-bond donors (Lipinski definition) is 2. The summed E-state index contributed by atoms with van der Waals surface area (Å²) in [5, 5.41) is 11.2. The van der Waals surface area contributed by atoms with Crippen molar-refractivity contribution in [2.24, 2.45) is 5.73 Å². The van der Waals surface area contributed by atoms with E-state index in [1.165, 1.54) is 0 Å². The first-order valence-corrected chi connectivity index (χ1v) is 7.28. The number of hydrogen-bond acceptors (Lipinski definition) is 3.